The van der Waals surface area contributed by atoms with E-state index in [9.17, 15) is 9.59 Å². The van der Waals surface area contributed by atoms with Crippen LogP contribution in [-0.4, -0.2) is 160 Å². The highest BCUT2D eigenvalue weighted by Gasteiger charge is 2.19. The van der Waals surface area contributed by atoms with Gasteiger partial charge in [0.1, 0.15) is 11.3 Å². The smallest absolute Gasteiger partial charge is 0.412 e. The zero-order chi connectivity index (χ0) is 36.7. The van der Waals surface area contributed by atoms with Crippen molar-refractivity contribution < 1.29 is 57.0 Å². The molecule has 15 heteroatoms. The minimum absolute atomic E-state index is 0.261. The summed E-state index contributed by atoms with van der Waals surface area (Å²) >= 11 is 0. The largest absolute Gasteiger partial charge is 0.461 e. The van der Waals surface area contributed by atoms with Crippen LogP contribution in [0.5, 0.6) is 0 Å². The van der Waals surface area contributed by atoms with Crippen LogP contribution >= 0.6 is 0 Å². The Balaban J connectivity index is 2.50. The number of esters is 1. The second-order valence-electron chi connectivity index (χ2n) is 12.2. The summed E-state index contributed by atoms with van der Waals surface area (Å²) < 4.78 is 55.9. The molecule has 1 aromatic rings. The van der Waals surface area contributed by atoms with Crippen LogP contribution in [0.1, 0.15) is 57.4 Å². The molecule has 0 aliphatic heterocycles. The van der Waals surface area contributed by atoms with Crippen molar-refractivity contribution in [3.63, 3.8) is 0 Å². The number of methoxy groups -OCH3 is 2. The number of nitrogens with one attached hydrogen (secondary N) is 1. The van der Waals surface area contributed by atoms with Gasteiger partial charge >= 0.3 is 12.1 Å². The molecule has 0 bridgehead atoms. The molecule has 0 aromatic carbocycles. The van der Waals surface area contributed by atoms with E-state index in [2.05, 4.69) is 10.2 Å². The van der Waals surface area contributed by atoms with E-state index in [0.29, 0.717) is 110 Å². The number of aromatic nitrogens is 1. The topological polar surface area (TPSA) is 147 Å². The van der Waals surface area contributed by atoms with E-state index in [-0.39, 0.29) is 6.61 Å². The molecule has 50 heavy (non-hydrogen) atoms. The monoisotopic (exact) mass is 719 g/mol. The van der Waals surface area contributed by atoms with Crippen molar-refractivity contribution in [2.75, 3.05) is 138 Å². The number of hydrogen-bond acceptors (Lipinski definition) is 13. The Morgan fingerprint density at radius 1 is 0.680 bits per heavy atom. The minimum atomic E-state index is -0.634. The number of carbonyl (C=O) groups is 2. The van der Waals surface area contributed by atoms with Gasteiger partial charge in [-0.05, 0) is 53.1 Å². The Morgan fingerprint density at radius 2 is 1.16 bits per heavy atom. The lowest BCUT2D eigenvalue weighted by molar-refractivity contribution is -0.00490. The molecule has 0 saturated heterocycles. The lowest BCUT2D eigenvalue weighted by Gasteiger charge is -2.22. The van der Waals surface area contributed by atoms with E-state index >= 15 is 0 Å². The van der Waals surface area contributed by atoms with Gasteiger partial charge in [-0.1, -0.05) is 6.42 Å². The van der Waals surface area contributed by atoms with Crippen molar-refractivity contribution in [1.82, 2.24) is 9.47 Å². The lowest BCUT2D eigenvalue weighted by atomic mass is 10.2. The third-order valence-corrected chi connectivity index (χ3v) is 6.86. The second-order valence-corrected chi connectivity index (χ2v) is 12.2. The SMILES string of the molecule is CCOC(=O)c1cc(NC(=O)OC(C)(C)C)cn1CCCCCN(CCOCCOCCOCCOC)CCOCCOCCOCCOC. The van der Waals surface area contributed by atoms with Crippen LogP contribution in [0, 0.1) is 0 Å². The summed E-state index contributed by atoms with van der Waals surface area (Å²) in [5.41, 5.74) is 0.236. The van der Waals surface area contributed by atoms with Crippen LogP contribution in [0.15, 0.2) is 12.3 Å². The summed E-state index contributed by atoms with van der Waals surface area (Å²) in [6, 6.07) is 1.62. The molecule has 1 amide bonds. The predicted molar refractivity (Wildman–Crippen MR) is 189 cm³/mol. The van der Waals surface area contributed by atoms with Crippen molar-refractivity contribution >= 4 is 17.7 Å². The van der Waals surface area contributed by atoms with E-state index in [0.717, 1.165) is 38.9 Å². The predicted octanol–water partition coefficient (Wildman–Crippen LogP) is 3.88. The molecule has 0 radical (unpaired) electrons. The van der Waals surface area contributed by atoms with Crippen molar-refractivity contribution in [3.05, 3.63) is 18.0 Å². The van der Waals surface area contributed by atoms with Crippen LogP contribution in [0.3, 0.4) is 0 Å². The Labute approximate surface area is 299 Å². The van der Waals surface area contributed by atoms with Crippen molar-refractivity contribution in [1.29, 1.82) is 0 Å². The van der Waals surface area contributed by atoms with Crippen molar-refractivity contribution in [2.24, 2.45) is 0 Å². The first-order valence-corrected chi connectivity index (χ1v) is 17.7. The molecule has 1 aromatic heterocycles. The molecule has 0 saturated carbocycles. The van der Waals surface area contributed by atoms with Gasteiger partial charge in [0.15, 0.2) is 0 Å². The van der Waals surface area contributed by atoms with Gasteiger partial charge in [-0.25, -0.2) is 9.59 Å². The third kappa shape index (κ3) is 25.6. The molecule has 1 N–H and O–H groups in total. The molecule has 1 rings (SSSR count). The van der Waals surface area contributed by atoms with Crippen LogP contribution in [0.4, 0.5) is 10.5 Å². The molecule has 0 atom stereocenters. The zero-order valence-corrected chi connectivity index (χ0v) is 31.5. The minimum Gasteiger partial charge on any atom is -0.461 e. The summed E-state index contributed by atoms with van der Waals surface area (Å²) in [7, 11) is 3.29. The highest BCUT2D eigenvalue weighted by Crippen LogP contribution is 2.18. The van der Waals surface area contributed by atoms with Crippen molar-refractivity contribution in [3.8, 4) is 0 Å². The van der Waals surface area contributed by atoms with E-state index in [1.54, 1.807) is 54.2 Å². The van der Waals surface area contributed by atoms with E-state index in [4.69, 9.17) is 47.4 Å². The van der Waals surface area contributed by atoms with Gasteiger partial charge < -0.3 is 51.9 Å². The Bertz CT molecular complexity index is 947. The lowest BCUT2D eigenvalue weighted by Crippen LogP contribution is -2.32. The van der Waals surface area contributed by atoms with E-state index < -0.39 is 17.7 Å². The highest BCUT2D eigenvalue weighted by molar-refractivity contribution is 5.92. The molecule has 0 unspecified atom stereocenters. The number of aryl methyl sites for hydroxylation is 1. The number of rotatable bonds is 33. The van der Waals surface area contributed by atoms with Crippen LogP contribution in [0.2, 0.25) is 0 Å². The first-order chi connectivity index (χ1) is 24.2. The number of unbranched alkanes of at least 4 members (excludes halogenated alkanes) is 2. The number of anilines is 1. The standard InChI is InChI=1S/C35H65N3O12/c1-7-49-33(39)32-29-31(36-34(40)50-35(2,3)4)30-38(32)12-10-8-9-11-37(13-15-43-21-23-47-27-25-45-19-17-41-5)14-16-44-22-24-48-28-26-46-20-18-42-6/h29-30H,7-28H2,1-6H3,(H,36,40). The molecule has 0 aliphatic carbocycles. The first-order valence-electron chi connectivity index (χ1n) is 17.7. The first kappa shape index (κ1) is 45.7. The van der Waals surface area contributed by atoms with Gasteiger partial charge in [0.05, 0.1) is 105 Å². The summed E-state index contributed by atoms with van der Waals surface area (Å²) in [5.74, 6) is -0.433. The van der Waals surface area contributed by atoms with Crippen LogP contribution in [-0.2, 0) is 53.9 Å². The molecule has 1 heterocycles. The van der Waals surface area contributed by atoms with Gasteiger partial charge in [0.25, 0.3) is 0 Å². The number of nitrogens with zero attached hydrogens (tertiary/aromatic N) is 2. The maximum atomic E-state index is 12.6. The van der Waals surface area contributed by atoms with Gasteiger partial charge in [-0.15, -0.1) is 0 Å². The van der Waals surface area contributed by atoms with Crippen molar-refractivity contribution in [2.45, 2.75) is 59.1 Å². The molecule has 0 fully saturated rings. The Kier molecular flexibility index (Phi) is 27.7. The maximum absolute atomic E-state index is 12.6. The van der Waals surface area contributed by atoms with Gasteiger partial charge in [-0.2, -0.15) is 0 Å². The molecule has 0 spiro atoms. The number of hydrogen-bond donors (Lipinski definition) is 1. The summed E-state index contributed by atoms with van der Waals surface area (Å²) in [5, 5.41) is 2.71. The number of carbonyl (C=O) groups excluding carboxylic acids is 2. The van der Waals surface area contributed by atoms with Crippen LogP contribution < -0.4 is 5.32 Å². The van der Waals surface area contributed by atoms with Gasteiger partial charge in [0, 0.05) is 40.1 Å². The average Bonchev–Trinajstić information content (AvgIpc) is 3.46. The number of amides is 1. The Morgan fingerprint density at radius 3 is 1.62 bits per heavy atom. The van der Waals surface area contributed by atoms with E-state index in [1.165, 1.54) is 0 Å². The zero-order valence-electron chi connectivity index (χ0n) is 31.5. The summed E-state index contributed by atoms with van der Waals surface area (Å²) in [6.07, 6.45) is 3.90. The maximum Gasteiger partial charge on any atom is 0.412 e. The molecule has 15 nitrogen and oxygen atoms in total. The summed E-state index contributed by atoms with van der Waals surface area (Å²) in [6.45, 7) is 18.0. The summed E-state index contributed by atoms with van der Waals surface area (Å²) in [4.78, 5) is 27.2. The fourth-order valence-electron chi connectivity index (χ4n) is 4.45. The fourth-order valence-corrected chi connectivity index (χ4v) is 4.45. The molecule has 0 aliphatic rings. The molecular formula is C35H65N3O12. The average molecular weight is 720 g/mol. The van der Waals surface area contributed by atoms with Gasteiger partial charge in [0.2, 0.25) is 0 Å². The normalized spacial score (nSPS) is 11.7. The highest BCUT2D eigenvalue weighted by atomic mass is 16.6. The Hall–Kier alpha value is -2.34. The fraction of sp³-hybridized carbons (Fsp3) is 0.829. The van der Waals surface area contributed by atoms with Gasteiger partial charge in [-0.3, -0.25) is 10.2 Å². The molecular weight excluding hydrogens is 654 g/mol. The quantitative estimate of drug-likeness (QED) is 0.0829. The third-order valence-electron chi connectivity index (χ3n) is 6.86. The number of ether oxygens (including phenoxy) is 10. The van der Waals surface area contributed by atoms with E-state index in [1.807, 2.05) is 4.57 Å². The van der Waals surface area contributed by atoms with Crippen LogP contribution in [0.25, 0.3) is 0 Å². The molecule has 292 valence electrons. The second kappa shape index (κ2) is 30.3.